The van der Waals surface area contributed by atoms with Gasteiger partial charge in [0.05, 0.1) is 5.92 Å². The molecular weight excluding hydrogens is 216 g/mol. The Hall–Kier alpha value is -1.35. The van der Waals surface area contributed by atoms with Crippen molar-refractivity contribution in [3.05, 3.63) is 35.9 Å². The summed E-state index contributed by atoms with van der Waals surface area (Å²) in [4.78, 5) is 11.3. The molecule has 0 aliphatic rings. The second-order valence-corrected chi connectivity index (χ2v) is 4.55. The van der Waals surface area contributed by atoms with Crippen LogP contribution >= 0.6 is 0 Å². The van der Waals surface area contributed by atoms with Gasteiger partial charge in [-0.2, -0.15) is 0 Å². The zero-order valence-corrected chi connectivity index (χ0v) is 10.4. The van der Waals surface area contributed by atoms with Crippen molar-refractivity contribution in [1.82, 2.24) is 0 Å². The number of rotatable bonds is 6. The third-order valence-electron chi connectivity index (χ3n) is 3.18. The van der Waals surface area contributed by atoms with E-state index in [4.69, 9.17) is 0 Å². The molecule has 0 heterocycles. The molecule has 0 bridgehead atoms. The number of aliphatic carboxylic acids is 1. The van der Waals surface area contributed by atoms with Crippen molar-refractivity contribution in [2.45, 2.75) is 38.7 Å². The van der Waals surface area contributed by atoms with Crippen LogP contribution in [0.2, 0.25) is 0 Å². The van der Waals surface area contributed by atoms with Crippen molar-refractivity contribution < 1.29 is 15.0 Å². The van der Waals surface area contributed by atoms with Crippen LogP contribution in [-0.2, 0) is 10.4 Å². The van der Waals surface area contributed by atoms with Crippen LogP contribution in [0.1, 0.15) is 38.7 Å². The zero-order valence-electron chi connectivity index (χ0n) is 10.4. The first-order valence-corrected chi connectivity index (χ1v) is 6.00. The lowest BCUT2D eigenvalue weighted by molar-refractivity contribution is -0.152. The summed E-state index contributed by atoms with van der Waals surface area (Å²) in [7, 11) is 0. The Morgan fingerprint density at radius 2 is 1.94 bits per heavy atom. The van der Waals surface area contributed by atoms with Gasteiger partial charge < -0.3 is 10.2 Å². The minimum Gasteiger partial charge on any atom is -0.481 e. The van der Waals surface area contributed by atoms with E-state index in [1.54, 1.807) is 19.1 Å². The van der Waals surface area contributed by atoms with Gasteiger partial charge in [0.1, 0.15) is 5.60 Å². The molecule has 1 aromatic carbocycles. The van der Waals surface area contributed by atoms with E-state index in [0.717, 1.165) is 12.8 Å². The first-order valence-electron chi connectivity index (χ1n) is 6.00. The second kappa shape index (κ2) is 5.82. The highest BCUT2D eigenvalue weighted by Gasteiger charge is 2.38. The summed E-state index contributed by atoms with van der Waals surface area (Å²) < 4.78 is 0. The fourth-order valence-corrected chi connectivity index (χ4v) is 2.03. The van der Waals surface area contributed by atoms with Crippen LogP contribution in [0.3, 0.4) is 0 Å². The summed E-state index contributed by atoms with van der Waals surface area (Å²) in [5.41, 5.74) is -0.661. The number of hydrogen-bond donors (Lipinski definition) is 2. The topological polar surface area (TPSA) is 57.5 Å². The van der Waals surface area contributed by atoms with Crippen LogP contribution < -0.4 is 0 Å². The Balaban J connectivity index is 2.95. The quantitative estimate of drug-likeness (QED) is 0.798. The van der Waals surface area contributed by atoms with Crippen molar-refractivity contribution in [2.75, 3.05) is 0 Å². The average molecular weight is 236 g/mol. The summed E-state index contributed by atoms with van der Waals surface area (Å²) in [6.07, 6.45) is 2.22. The number of hydrogen-bond acceptors (Lipinski definition) is 2. The third-order valence-corrected chi connectivity index (χ3v) is 3.18. The van der Waals surface area contributed by atoms with E-state index < -0.39 is 17.5 Å². The van der Waals surface area contributed by atoms with Gasteiger partial charge in [0, 0.05) is 0 Å². The van der Waals surface area contributed by atoms with Gasteiger partial charge in [0.2, 0.25) is 0 Å². The fourth-order valence-electron chi connectivity index (χ4n) is 2.03. The number of unbranched alkanes of at least 4 members (excludes halogenated alkanes) is 1. The molecule has 0 aromatic heterocycles. The summed E-state index contributed by atoms with van der Waals surface area (Å²) >= 11 is 0. The van der Waals surface area contributed by atoms with Crippen LogP contribution in [0, 0.1) is 5.92 Å². The molecule has 0 spiro atoms. The van der Waals surface area contributed by atoms with E-state index in [9.17, 15) is 15.0 Å². The molecule has 3 nitrogen and oxygen atoms in total. The van der Waals surface area contributed by atoms with Gasteiger partial charge >= 0.3 is 5.97 Å². The number of carboxylic acid groups (broad SMARTS) is 1. The maximum Gasteiger partial charge on any atom is 0.309 e. The van der Waals surface area contributed by atoms with Gasteiger partial charge in [-0.1, -0.05) is 50.1 Å². The van der Waals surface area contributed by atoms with Crippen molar-refractivity contribution in [3.63, 3.8) is 0 Å². The lowest BCUT2D eigenvalue weighted by Crippen LogP contribution is -2.37. The van der Waals surface area contributed by atoms with Crippen LogP contribution in [0.25, 0.3) is 0 Å². The van der Waals surface area contributed by atoms with Gasteiger partial charge in [0.15, 0.2) is 0 Å². The van der Waals surface area contributed by atoms with Crippen molar-refractivity contribution in [2.24, 2.45) is 5.92 Å². The van der Waals surface area contributed by atoms with Crippen LogP contribution in [0.15, 0.2) is 30.3 Å². The van der Waals surface area contributed by atoms with Crippen molar-refractivity contribution in [3.8, 4) is 0 Å². The molecule has 94 valence electrons. The van der Waals surface area contributed by atoms with Gasteiger partial charge in [-0.05, 0) is 18.9 Å². The predicted octanol–water partition coefficient (Wildman–Crippen LogP) is 2.79. The van der Waals surface area contributed by atoms with Crippen LogP contribution in [-0.4, -0.2) is 16.2 Å². The molecule has 2 N–H and O–H groups in total. The maximum atomic E-state index is 11.3. The highest BCUT2D eigenvalue weighted by Crippen LogP contribution is 2.32. The first kappa shape index (κ1) is 13.7. The van der Waals surface area contributed by atoms with Gasteiger partial charge in [-0.3, -0.25) is 4.79 Å². The maximum absolute atomic E-state index is 11.3. The summed E-state index contributed by atoms with van der Waals surface area (Å²) in [6, 6.07) is 9.00. The number of carbonyl (C=O) groups is 1. The lowest BCUT2D eigenvalue weighted by atomic mass is 9.80. The smallest absolute Gasteiger partial charge is 0.309 e. The predicted molar refractivity (Wildman–Crippen MR) is 66.7 cm³/mol. The first-order chi connectivity index (χ1) is 8.00. The van der Waals surface area contributed by atoms with Gasteiger partial charge in [0.25, 0.3) is 0 Å². The molecular formula is C14H20O3. The molecule has 0 amide bonds. The number of aliphatic hydroxyl groups is 1. The summed E-state index contributed by atoms with van der Waals surface area (Å²) in [5, 5.41) is 19.7. The Kier molecular flexibility index (Phi) is 4.70. The Morgan fingerprint density at radius 1 is 1.35 bits per heavy atom. The van der Waals surface area contributed by atoms with E-state index in [2.05, 4.69) is 0 Å². The molecule has 0 fully saturated rings. The molecule has 0 radical (unpaired) electrons. The SMILES string of the molecule is CCCCC(C(=O)O)C(C)(O)c1ccccc1. The Bertz CT molecular complexity index is 357. The molecule has 2 atom stereocenters. The van der Waals surface area contributed by atoms with E-state index in [-0.39, 0.29) is 0 Å². The second-order valence-electron chi connectivity index (χ2n) is 4.55. The van der Waals surface area contributed by atoms with Crippen LogP contribution in [0.5, 0.6) is 0 Å². The van der Waals surface area contributed by atoms with E-state index >= 15 is 0 Å². The minimum absolute atomic E-state index is 0.494. The molecule has 0 saturated heterocycles. The lowest BCUT2D eigenvalue weighted by Gasteiger charge is -2.30. The standard InChI is InChI=1S/C14H20O3/c1-3-4-10-12(13(15)16)14(2,17)11-8-6-5-7-9-11/h5-9,12,17H,3-4,10H2,1-2H3,(H,15,16). The molecule has 0 aliphatic heterocycles. The van der Waals surface area contributed by atoms with E-state index in [0.29, 0.717) is 12.0 Å². The van der Waals surface area contributed by atoms with Gasteiger partial charge in [-0.25, -0.2) is 0 Å². The Labute approximate surface area is 102 Å². The highest BCUT2D eigenvalue weighted by molar-refractivity contribution is 5.71. The number of carboxylic acids is 1. The average Bonchev–Trinajstić information content (AvgIpc) is 2.30. The molecule has 0 saturated carbocycles. The zero-order chi connectivity index (χ0) is 12.9. The van der Waals surface area contributed by atoms with Crippen molar-refractivity contribution >= 4 is 5.97 Å². The molecule has 1 aromatic rings. The minimum atomic E-state index is -1.32. The van der Waals surface area contributed by atoms with Crippen LogP contribution in [0.4, 0.5) is 0 Å². The third kappa shape index (κ3) is 3.30. The monoisotopic (exact) mass is 236 g/mol. The normalized spacial score (nSPS) is 16.2. The Morgan fingerprint density at radius 3 is 2.41 bits per heavy atom. The molecule has 0 aliphatic carbocycles. The summed E-state index contributed by atoms with van der Waals surface area (Å²) in [6.45, 7) is 3.59. The van der Waals surface area contributed by atoms with Gasteiger partial charge in [-0.15, -0.1) is 0 Å². The summed E-state index contributed by atoms with van der Waals surface area (Å²) in [5.74, 6) is -1.70. The number of benzene rings is 1. The fraction of sp³-hybridized carbons (Fsp3) is 0.500. The van der Waals surface area contributed by atoms with E-state index in [1.165, 1.54) is 0 Å². The highest BCUT2D eigenvalue weighted by atomic mass is 16.4. The van der Waals surface area contributed by atoms with Crippen molar-refractivity contribution in [1.29, 1.82) is 0 Å². The molecule has 17 heavy (non-hydrogen) atoms. The molecule has 1 rings (SSSR count). The van der Waals surface area contributed by atoms with E-state index in [1.807, 2.05) is 25.1 Å². The molecule has 2 unspecified atom stereocenters. The largest absolute Gasteiger partial charge is 0.481 e. The molecule has 3 heteroatoms.